The molecule has 25 heavy (non-hydrogen) atoms. The summed E-state index contributed by atoms with van der Waals surface area (Å²) in [6.45, 7) is 6.06. The summed E-state index contributed by atoms with van der Waals surface area (Å²) in [4.78, 5) is 11.5. The fourth-order valence-corrected chi connectivity index (χ4v) is 2.59. The molecule has 138 valence electrons. The predicted octanol–water partition coefficient (Wildman–Crippen LogP) is 2.20. The van der Waals surface area contributed by atoms with E-state index in [1.165, 1.54) is 6.08 Å². The Labute approximate surface area is 148 Å². The first-order chi connectivity index (χ1) is 11.9. The van der Waals surface area contributed by atoms with Crippen molar-refractivity contribution >= 4 is 5.97 Å². The molecule has 1 N–H and O–H groups in total. The average Bonchev–Trinajstić information content (AvgIpc) is 2.89. The maximum atomic E-state index is 11.5. The molecule has 1 aliphatic rings. The first-order valence-corrected chi connectivity index (χ1v) is 8.41. The number of esters is 1. The number of rotatable bonds is 8. The topological polar surface area (TPSA) is 74.2 Å². The van der Waals surface area contributed by atoms with E-state index >= 15 is 0 Å². The second-order valence-corrected chi connectivity index (χ2v) is 6.24. The zero-order valence-corrected chi connectivity index (χ0v) is 14.9. The summed E-state index contributed by atoms with van der Waals surface area (Å²) in [5.74, 6) is -1.31. The van der Waals surface area contributed by atoms with E-state index in [1.807, 2.05) is 30.3 Å². The SMILES string of the molecule is CCOC(=O)/C=C/[C@@H]1OC(C)(C)O[C@@H]1[C@@H](O)COCc1ccccc1. The summed E-state index contributed by atoms with van der Waals surface area (Å²) in [5, 5.41) is 10.4. The van der Waals surface area contributed by atoms with Crippen LogP contribution in [0.15, 0.2) is 42.5 Å². The maximum Gasteiger partial charge on any atom is 0.330 e. The zero-order valence-electron chi connectivity index (χ0n) is 14.9. The Hall–Kier alpha value is -1.73. The van der Waals surface area contributed by atoms with Gasteiger partial charge in [0.05, 0.1) is 19.8 Å². The highest BCUT2D eigenvalue weighted by molar-refractivity contribution is 5.81. The molecule has 1 aliphatic heterocycles. The van der Waals surface area contributed by atoms with Crippen LogP contribution in [0.25, 0.3) is 0 Å². The van der Waals surface area contributed by atoms with Crippen molar-refractivity contribution in [1.82, 2.24) is 0 Å². The molecule has 3 atom stereocenters. The molecule has 0 spiro atoms. The molecule has 0 bridgehead atoms. The lowest BCUT2D eigenvalue weighted by atomic mass is 10.1. The van der Waals surface area contributed by atoms with E-state index in [-0.39, 0.29) is 6.61 Å². The Kier molecular flexibility index (Phi) is 7.13. The minimum atomic E-state index is -0.887. The third-order valence-corrected chi connectivity index (χ3v) is 3.65. The first kappa shape index (κ1) is 19.6. The maximum absolute atomic E-state index is 11.5. The van der Waals surface area contributed by atoms with E-state index in [1.54, 1.807) is 26.8 Å². The summed E-state index contributed by atoms with van der Waals surface area (Å²) in [7, 11) is 0. The molecule has 2 rings (SSSR count). The van der Waals surface area contributed by atoms with Crippen molar-refractivity contribution in [1.29, 1.82) is 0 Å². The van der Waals surface area contributed by atoms with Crippen LogP contribution in [0, 0.1) is 0 Å². The molecular weight excluding hydrogens is 324 g/mol. The van der Waals surface area contributed by atoms with Crippen LogP contribution < -0.4 is 0 Å². The Bertz CT molecular complexity index is 569. The molecule has 1 fully saturated rings. The van der Waals surface area contributed by atoms with Gasteiger partial charge in [-0.2, -0.15) is 0 Å². The van der Waals surface area contributed by atoms with Crippen LogP contribution >= 0.6 is 0 Å². The van der Waals surface area contributed by atoms with E-state index in [9.17, 15) is 9.90 Å². The zero-order chi connectivity index (χ0) is 18.3. The van der Waals surface area contributed by atoms with Crippen molar-refractivity contribution in [3.63, 3.8) is 0 Å². The van der Waals surface area contributed by atoms with E-state index < -0.39 is 30.1 Å². The number of hydrogen-bond donors (Lipinski definition) is 1. The first-order valence-electron chi connectivity index (χ1n) is 8.41. The number of carbonyl (C=O) groups excluding carboxylic acids is 1. The fraction of sp³-hybridized carbons (Fsp3) is 0.526. The largest absolute Gasteiger partial charge is 0.463 e. The summed E-state index contributed by atoms with van der Waals surface area (Å²) in [6, 6.07) is 9.71. The molecule has 1 heterocycles. The van der Waals surface area contributed by atoms with E-state index in [4.69, 9.17) is 18.9 Å². The van der Waals surface area contributed by atoms with Crippen LogP contribution in [0.4, 0.5) is 0 Å². The van der Waals surface area contributed by atoms with Crippen molar-refractivity contribution in [2.45, 2.75) is 51.5 Å². The van der Waals surface area contributed by atoms with Gasteiger partial charge in [-0.1, -0.05) is 30.3 Å². The van der Waals surface area contributed by atoms with Gasteiger partial charge in [0.2, 0.25) is 0 Å². The molecule has 6 heteroatoms. The van der Waals surface area contributed by atoms with Gasteiger partial charge in [-0.25, -0.2) is 4.79 Å². The standard InChI is InChI=1S/C19H26O6/c1-4-23-17(21)11-10-16-18(25-19(2,3)24-16)15(20)13-22-12-14-8-6-5-7-9-14/h5-11,15-16,18,20H,4,12-13H2,1-3H3/b11-10+/t15-,16-,18+/m0/s1. The van der Waals surface area contributed by atoms with Gasteiger partial charge in [-0.05, 0) is 32.4 Å². The number of aliphatic hydroxyl groups is 1. The van der Waals surface area contributed by atoms with Gasteiger partial charge in [-0.3, -0.25) is 0 Å². The number of aliphatic hydroxyl groups excluding tert-OH is 1. The lowest BCUT2D eigenvalue weighted by molar-refractivity contribution is -0.157. The fourth-order valence-electron chi connectivity index (χ4n) is 2.59. The Morgan fingerprint density at radius 2 is 2.04 bits per heavy atom. The van der Waals surface area contributed by atoms with Crippen molar-refractivity contribution in [2.24, 2.45) is 0 Å². The van der Waals surface area contributed by atoms with Crippen LogP contribution in [0.1, 0.15) is 26.3 Å². The van der Waals surface area contributed by atoms with Crippen LogP contribution in [0.5, 0.6) is 0 Å². The van der Waals surface area contributed by atoms with Crippen LogP contribution in [0.2, 0.25) is 0 Å². The summed E-state index contributed by atoms with van der Waals surface area (Å²) in [6.07, 6.45) is 0.773. The van der Waals surface area contributed by atoms with Gasteiger partial charge in [0, 0.05) is 6.08 Å². The van der Waals surface area contributed by atoms with E-state index in [2.05, 4.69) is 0 Å². The lowest BCUT2D eigenvalue weighted by Crippen LogP contribution is -2.37. The second-order valence-electron chi connectivity index (χ2n) is 6.24. The predicted molar refractivity (Wildman–Crippen MR) is 91.7 cm³/mol. The van der Waals surface area contributed by atoms with Gasteiger partial charge >= 0.3 is 5.97 Å². The number of benzene rings is 1. The third-order valence-electron chi connectivity index (χ3n) is 3.65. The van der Waals surface area contributed by atoms with Gasteiger partial charge in [0.15, 0.2) is 5.79 Å². The Morgan fingerprint density at radius 1 is 1.32 bits per heavy atom. The Morgan fingerprint density at radius 3 is 2.72 bits per heavy atom. The minimum Gasteiger partial charge on any atom is -0.463 e. The van der Waals surface area contributed by atoms with Crippen molar-refractivity contribution in [3.05, 3.63) is 48.0 Å². The normalized spacial score (nSPS) is 23.7. The quantitative estimate of drug-likeness (QED) is 0.572. The molecule has 1 saturated heterocycles. The summed E-state index contributed by atoms with van der Waals surface area (Å²) in [5.41, 5.74) is 1.03. The molecule has 0 amide bonds. The molecule has 0 unspecified atom stereocenters. The van der Waals surface area contributed by atoms with Crippen molar-refractivity contribution in [2.75, 3.05) is 13.2 Å². The highest BCUT2D eigenvalue weighted by Crippen LogP contribution is 2.31. The second kappa shape index (κ2) is 9.10. The molecule has 0 radical (unpaired) electrons. The van der Waals surface area contributed by atoms with E-state index in [0.29, 0.717) is 13.2 Å². The monoisotopic (exact) mass is 350 g/mol. The van der Waals surface area contributed by atoms with Gasteiger partial charge in [0.25, 0.3) is 0 Å². The highest BCUT2D eigenvalue weighted by Gasteiger charge is 2.43. The average molecular weight is 350 g/mol. The van der Waals surface area contributed by atoms with Gasteiger partial charge in [-0.15, -0.1) is 0 Å². The number of hydrogen-bond acceptors (Lipinski definition) is 6. The molecule has 0 saturated carbocycles. The van der Waals surface area contributed by atoms with Crippen LogP contribution in [-0.2, 0) is 30.3 Å². The molecule has 6 nitrogen and oxygen atoms in total. The highest BCUT2D eigenvalue weighted by atomic mass is 16.8. The molecule has 0 aromatic heterocycles. The molecule has 0 aliphatic carbocycles. The minimum absolute atomic E-state index is 0.0999. The molecule has 1 aromatic rings. The van der Waals surface area contributed by atoms with Crippen LogP contribution in [-0.4, -0.2) is 48.4 Å². The summed E-state index contributed by atoms with van der Waals surface area (Å²) >= 11 is 0. The van der Waals surface area contributed by atoms with Crippen molar-refractivity contribution < 1.29 is 28.8 Å². The molecular formula is C19H26O6. The van der Waals surface area contributed by atoms with Gasteiger partial charge < -0.3 is 24.1 Å². The smallest absolute Gasteiger partial charge is 0.330 e. The number of ether oxygens (including phenoxy) is 4. The van der Waals surface area contributed by atoms with E-state index in [0.717, 1.165) is 5.56 Å². The van der Waals surface area contributed by atoms with Gasteiger partial charge in [0.1, 0.15) is 18.3 Å². The Balaban J connectivity index is 1.90. The van der Waals surface area contributed by atoms with Crippen LogP contribution in [0.3, 0.4) is 0 Å². The third kappa shape index (κ3) is 6.25. The lowest BCUT2D eigenvalue weighted by Gasteiger charge is -2.21. The molecule has 1 aromatic carbocycles. The van der Waals surface area contributed by atoms with Crippen molar-refractivity contribution in [3.8, 4) is 0 Å². The summed E-state index contributed by atoms with van der Waals surface area (Å²) < 4.78 is 21.9. The number of carbonyl (C=O) groups is 1.